The predicted molar refractivity (Wildman–Crippen MR) is 44.7 cm³/mol. The molecule has 0 aliphatic rings. The first kappa shape index (κ1) is 7.60. The minimum atomic E-state index is 0.100. The highest BCUT2D eigenvalue weighted by atomic mass is 16.5. The highest BCUT2D eigenvalue weighted by molar-refractivity contribution is 5.96. The fraction of sp³-hybridized carbons (Fsp3) is 0.125. The Kier molecular flexibility index (Phi) is 2.11. The van der Waals surface area contributed by atoms with Crippen LogP contribution in [0.5, 0.6) is 0 Å². The van der Waals surface area contributed by atoms with Gasteiger partial charge in [-0.2, -0.15) is 0 Å². The van der Waals surface area contributed by atoms with Gasteiger partial charge in [0.05, 0.1) is 12.7 Å². The van der Waals surface area contributed by atoms with E-state index in [1.54, 1.807) is 12.1 Å². The summed E-state index contributed by atoms with van der Waals surface area (Å²) in [6.45, 7) is 0. The molecule has 0 fully saturated rings. The molecule has 58 valence electrons. The molecular weight excluding hydrogens is 140 g/mol. The van der Waals surface area contributed by atoms with Crippen LogP contribution >= 0.6 is 0 Å². The van der Waals surface area contributed by atoms with Crippen molar-refractivity contribution in [1.29, 1.82) is 5.41 Å². The molecule has 1 aromatic carbocycles. The summed E-state index contributed by atoms with van der Waals surface area (Å²) in [6.07, 6.45) is 0. The van der Waals surface area contributed by atoms with Crippen LogP contribution in [0.25, 0.3) is 0 Å². The van der Waals surface area contributed by atoms with E-state index in [4.69, 9.17) is 15.9 Å². The van der Waals surface area contributed by atoms with Crippen LogP contribution in [0, 0.1) is 5.41 Å². The van der Waals surface area contributed by atoms with Crippen molar-refractivity contribution < 1.29 is 4.74 Å². The van der Waals surface area contributed by atoms with Crippen molar-refractivity contribution in [3.8, 4) is 0 Å². The summed E-state index contributed by atoms with van der Waals surface area (Å²) >= 11 is 0. The van der Waals surface area contributed by atoms with E-state index in [9.17, 15) is 0 Å². The molecule has 0 bridgehead atoms. The normalized spacial score (nSPS) is 9.18. The zero-order valence-corrected chi connectivity index (χ0v) is 6.29. The van der Waals surface area contributed by atoms with Crippen molar-refractivity contribution >= 4 is 11.6 Å². The molecule has 3 nitrogen and oxygen atoms in total. The minimum absolute atomic E-state index is 0.100. The van der Waals surface area contributed by atoms with Gasteiger partial charge in [0.2, 0.25) is 5.90 Å². The molecule has 0 aliphatic carbocycles. The van der Waals surface area contributed by atoms with Gasteiger partial charge in [0.15, 0.2) is 0 Å². The van der Waals surface area contributed by atoms with E-state index in [1.165, 1.54) is 7.11 Å². The smallest absolute Gasteiger partial charge is 0.215 e. The largest absolute Gasteiger partial charge is 0.481 e. The Balaban J connectivity index is 3.03. The average Bonchev–Trinajstić information content (AvgIpc) is 2.04. The van der Waals surface area contributed by atoms with Gasteiger partial charge in [0.1, 0.15) is 0 Å². The molecular formula is C8H10N2O. The monoisotopic (exact) mass is 150 g/mol. The lowest BCUT2D eigenvalue weighted by Gasteiger charge is -2.03. The molecule has 3 N–H and O–H groups in total. The molecule has 0 aliphatic heterocycles. The summed E-state index contributed by atoms with van der Waals surface area (Å²) in [7, 11) is 1.45. The van der Waals surface area contributed by atoms with E-state index in [2.05, 4.69) is 0 Å². The fourth-order valence-corrected chi connectivity index (χ4v) is 0.814. The van der Waals surface area contributed by atoms with Gasteiger partial charge in [-0.1, -0.05) is 12.1 Å². The first-order valence-electron chi connectivity index (χ1n) is 3.23. The van der Waals surface area contributed by atoms with Gasteiger partial charge in [0.25, 0.3) is 0 Å². The third kappa shape index (κ3) is 1.49. The Morgan fingerprint density at radius 2 is 2.09 bits per heavy atom. The van der Waals surface area contributed by atoms with Crippen molar-refractivity contribution in [2.24, 2.45) is 0 Å². The van der Waals surface area contributed by atoms with Crippen molar-refractivity contribution in [3.05, 3.63) is 29.8 Å². The van der Waals surface area contributed by atoms with Gasteiger partial charge in [-0.15, -0.1) is 0 Å². The SMILES string of the molecule is COC(=N)c1ccccc1N. The van der Waals surface area contributed by atoms with Crippen molar-refractivity contribution in [2.75, 3.05) is 12.8 Å². The van der Waals surface area contributed by atoms with Crippen LogP contribution in [0.4, 0.5) is 5.69 Å². The molecule has 0 radical (unpaired) electrons. The van der Waals surface area contributed by atoms with Gasteiger partial charge in [-0.05, 0) is 12.1 Å². The molecule has 1 aromatic rings. The van der Waals surface area contributed by atoms with Crippen LogP contribution < -0.4 is 5.73 Å². The van der Waals surface area contributed by atoms with Crippen LogP contribution in [-0.4, -0.2) is 13.0 Å². The molecule has 0 amide bonds. The maximum absolute atomic E-state index is 7.32. The Labute approximate surface area is 65.3 Å². The van der Waals surface area contributed by atoms with Crippen LogP contribution in [0.2, 0.25) is 0 Å². The Bertz CT molecular complexity index is 271. The van der Waals surface area contributed by atoms with Gasteiger partial charge >= 0.3 is 0 Å². The second-order valence-corrected chi connectivity index (χ2v) is 2.12. The van der Waals surface area contributed by atoms with Crippen LogP contribution in [0.3, 0.4) is 0 Å². The molecule has 3 heteroatoms. The first-order chi connectivity index (χ1) is 5.25. The molecule has 0 spiro atoms. The van der Waals surface area contributed by atoms with Crippen molar-refractivity contribution in [3.63, 3.8) is 0 Å². The zero-order chi connectivity index (χ0) is 8.27. The third-order valence-corrected chi connectivity index (χ3v) is 1.41. The summed E-state index contributed by atoms with van der Waals surface area (Å²) < 4.78 is 4.72. The average molecular weight is 150 g/mol. The van der Waals surface area contributed by atoms with E-state index < -0.39 is 0 Å². The molecule has 0 aromatic heterocycles. The van der Waals surface area contributed by atoms with Gasteiger partial charge in [-0.25, -0.2) is 0 Å². The molecule has 11 heavy (non-hydrogen) atoms. The highest BCUT2D eigenvalue weighted by Crippen LogP contribution is 2.10. The van der Waals surface area contributed by atoms with Gasteiger partial charge in [-0.3, -0.25) is 5.41 Å². The van der Waals surface area contributed by atoms with E-state index in [0.717, 1.165) is 0 Å². The fourth-order valence-electron chi connectivity index (χ4n) is 0.814. The van der Waals surface area contributed by atoms with E-state index in [0.29, 0.717) is 11.3 Å². The number of nitrogen functional groups attached to an aromatic ring is 1. The molecule has 0 unspecified atom stereocenters. The number of nitrogens with one attached hydrogen (secondary N) is 1. The second-order valence-electron chi connectivity index (χ2n) is 2.12. The minimum Gasteiger partial charge on any atom is -0.481 e. The molecule has 0 heterocycles. The van der Waals surface area contributed by atoms with E-state index in [1.807, 2.05) is 12.1 Å². The molecule has 0 saturated heterocycles. The van der Waals surface area contributed by atoms with Gasteiger partial charge < -0.3 is 10.5 Å². The maximum atomic E-state index is 7.32. The molecule has 0 saturated carbocycles. The van der Waals surface area contributed by atoms with Crippen LogP contribution in [0.1, 0.15) is 5.56 Å². The lowest BCUT2D eigenvalue weighted by molar-refractivity contribution is 0.401. The molecule has 0 atom stereocenters. The Hall–Kier alpha value is -1.51. The van der Waals surface area contributed by atoms with Crippen molar-refractivity contribution in [2.45, 2.75) is 0 Å². The maximum Gasteiger partial charge on any atom is 0.215 e. The number of methoxy groups -OCH3 is 1. The Morgan fingerprint density at radius 3 is 2.64 bits per heavy atom. The van der Waals surface area contributed by atoms with Crippen molar-refractivity contribution in [1.82, 2.24) is 0 Å². The summed E-state index contributed by atoms with van der Waals surface area (Å²) in [5.74, 6) is 0.100. The quantitative estimate of drug-likeness (QED) is 0.359. The topological polar surface area (TPSA) is 59.1 Å². The number of anilines is 1. The number of hydrogen-bond donors (Lipinski definition) is 2. The number of benzene rings is 1. The third-order valence-electron chi connectivity index (χ3n) is 1.41. The number of hydrogen-bond acceptors (Lipinski definition) is 3. The molecule has 1 rings (SSSR count). The van der Waals surface area contributed by atoms with Crippen LogP contribution in [-0.2, 0) is 4.74 Å². The lowest BCUT2D eigenvalue weighted by atomic mass is 10.2. The number of para-hydroxylation sites is 1. The lowest BCUT2D eigenvalue weighted by Crippen LogP contribution is -2.04. The summed E-state index contributed by atoms with van der Waals surface area (Å²) in [5.41, 5.74) is 6.78. The number of nitrogens with two attached hydrogens (primary N) is 1. The van der Waals surface area contributed by atoms with Gasteiger partial charge in [0, 0.05) is 5.69 Å². The number of rotatable bonds is 1. The highest BCUT2D eigenvalue weighted by Gasteiger charge is 2.02. The predicted octanol–water partition coefficient (Wildman–Crippen LogP) is 1.24. The summed E-state index contributed by atoms with van der Waals surface area (Å²) in [4.78, 5) is 0. The first-order valence-corrected chi connectivity index (χ1v) is 3.23. The van der Waals surface area contributed by atoms with Crippen LogP contribution in [0.15, 0.2) is 24.3 Å². The Morgan fingerprint density at radius 1 is 1.45 bits per heavy atom. The van der Waals surface area contributed by atoms with E-state index >= 15 is 0 Å². The number of ether oxygens (including phenoxy) is 1. The second kappa shape index (κ2) is 3.05. The zero-order valence-electron chi connectivity index (χ0n) is 6.29. The summed E-state index contributed by atoms with van der Waals surface area (Å²) in [6, 6.07) is 7.13. The summed E-state index contributed by atoms with van der Waals surface area (Å²) in [5, 5.41) is 7.32. The standard InChI is InChI=1S/C8H10N2O/c1-11-8(10)6-4-2-3-5-7(6)9/h2-5,10H,9H2,1H3. The van der Waals surface area contributed by atoms with E-state index in [-0.39, 0.29) is 5.90 Å².